The molecule has 8 heteroatoms. The minimum absolute atomic E-state index is 0.0156. The summed E-state index contributed by atoms with van der Waals surface area (Å²) in [5, 5.41) is 11.8. The Morgan fingerprint density at radius 1 is 1.12 bits per heavy atom. The molecule has 2 aromatic rings. The zero-order valence-corrected chi connectivity index (χ0v) is 18.3. The summed E-state index contributed by atoms with van der Waals surface area (Å²) in [6.07, 6.45) is 1.75. The van der Waals surface area contributed by atoms with E-state index in [1.807, 2.05) is 30.3 Å². The van der Waals surface area contributed by atoms with Gasteiger partial charge in [0.15, 0.2) is 5.76 Å². The fourth-order valence-corrected chi connectivity index (χ4v) is 3.76. The second-order valence-electron chi connectivity index (χ2n) is 7.83. The molecule has 0 radical (unpaired) electrons. The molecule has 1 aromatic heterocycles. The molecule has 3 rings (SSSR count). The molecular formula is C24H28N4O4. The van der Waals surface area contributed by atoms with Crippen LogP contribution in [0.15, 0.2) is 46.9 Å². The quantitative estimate of drug-likeness (QED) is 0.685. The number of rotatable bonds is 8. The molecule has 168 valence electrons. The number of amides is 3. The van der Waals surface area contributed by atoms with Gasteiger partial charge in [0.1, 0.15) is 5.76 Å². The number of carbonyl (C=O) groups excluding carboxylic acids is 3. The van der Waals surface area contributed by atoms with Crippen LogP contribution < -0.4 is 10.2 Å². The van der Waals surface area contributed by atoms with Crippen LogP contribution in [0.2, 0.25) is 0 Å². The Hall–Kier alpha value is -3.60. The highest BCUT2D eigenvalue weighted by molar-refractivity contribution is 5.95. The summed E-state index contributed by atoms with van der Waals surface area (Å²) in [6.45, 7) is 3.15. The number of benzene rings is 1. The SMILES string of the molecule is Cc1ccc(C(=O)NC2CCN(C(=O)CCC(=O)N(CCC#N)c3ccccc3)CC2)o1. The summed E-state index contributed by atoms with van der Waals surface area (Å²) in [7, 11) is 0. The Kier molecular flexibility index (Phi) is 8.03. The van der Waals surface area contributed by atoms with Gasteiger partial charge < -0.3 is 19.5 Å². The Morgan fingerprint density at radius 2 is 1.84 bits per heavy atom. The first-order valence-electron chi connectivity index (χ1n) is 10.9. The van der Waals surface area contributed by atoms with Crippen LogP contribution in [0, 0.1) is 18.3 Å². The lowest BCUT2D eigenvalue weighted by Crippen LogP contribution is -2.46. The zero-order valence-electron chi connectivity index (χ0n) is 18.3. The highest BCUT2D eigenvalue weighted by Crippen LogP contribution is 2.17. The molecule has 1 fully saturated rings. The number of nitriles is 1. The van der Waals surface area contributed by atoms with Gasteiger partial charge in [0.05, 0.1) is 12.5 Å². The molecule has 1 aliphatic rings. The first kappa shape index (κ1) is 23.1. The zero-order chi connectivity index (χ0) is 22.9. The van der Waals surface area contributed by atoms with Crippen molar-refractivity contribution in [3.63, 3.8) is 0 Å². The van der Waals surface area contributed by atoms with Crippen LogP contribution >= 0.6 is 0 Å². The Morgan fingerprint density at radius 3 is 2.47 bits per heavy atom. The van der Waals surface area contributed by atoms with E-state index in [0.29, 0.717) is 44.0 Å². The highest BCUT2D eigenvalue weighted by Gasteiger charge is 2.26. The highest BCUT2D eigenvalue weighted by atomic mass is 16.3. The lowest BCUT2D eigenvalue weighted by molar-refractivity contribution is -0.134. The Labute approximate surface area is 187 Å². The molecule has 32 heavy (non-hydrogen) atoms. The maximum Gasteiger partial charge on any atom is 0.287 e. The predicted octanol–water partition coefficient (Wildman–Crippen LogP) is 3.04. The fraction of sp³-hybridized carbons (Fsp3) is 0.417. The monoisotopic (exact) mass is 436 g/mol. The number of carbonyl (C=O) groups is 3. The van der Waals surface area contributed by atoms with Crippen LogP contribution in [-0.2, 0) is 9.59 Å². The van der Waals surface area contributed by atoms with Gasteiger partial charge in [0, 0.05) is 44.2 Å². The number of nitrogens with one attached hydrogen (secondary N) is 1. The summed E-state index contributed by atoms with van der Waals surface area (Å²) < 4.78 is 5.35. The van der Waals surface area contributed by atoms with Gasteiger partial charge in [-0.1, -0.05) is 18.2 Å². The fourth-order valence-electron chi connectivity index (χ4n) is 3.76. The van der Waals surface area contributed by atoms with E-state index in [2.05, 4.69) is 11.4 Å². The number of aryl methyl sites for hydroxylation is 1. The Balaban J connectivity index is 1.45. The van der Waals surface area contributed by atoms with Crippen LogP contribution in [-0.4, -0.2) is 48.3 Å². The Bertz CT molecular complexity index is 971. The summed E-state index contributed by atoms with van der Waals surface area (Å²) >= 11 is 0. The van der Waals surface area contributed by atoms with Crippen molar-refractivity contribution in [2.24, 2.45) is 0 Å². The predicted molar refractivity (Wildman–Crippen MR) is 119 cm³/mol. The van der Waals surface area contributed by atoms with E-state index in [1.54, 1.807) is 28.9 Å². The summed E-state index contributed by atoms with van der Waals surface area (Å²) in [5.41, 5.74) is 0.725. The molecule has 1 N–H and O–H groups in total. The summed E-state index contributed by atoms with van der Waals surface area (Å²) in [4.78, 5) is 40.9. The second kappa shape index (κ2) is 11.1. The summed E-state index contributed by atoms with van der Waals surface area (Å²) in [6, 6.07) is 14.6. The molecule has 1 aromatic carbocycles. The molecule has 0 spiro atoms. The average molecular weight is 437 g/mol. The molecule has 3 amide bonds. The van der Waals surface area contributed by atoms with Crippen molar-refractivity contribution in [2.45, 2.75) is 45.1 Å². The first-order chi connectivity index (χ1) is 15.5. The largest absolute Gasteiger partial charge is 0.456 e. The molecule has 2 heterocycles. The van der Waals surface area contributed by atoms with Gasteiger partial charge in [0.25, 0.3) is 5.91 Å². The maximum atomic E-state index is 12.7. The molecule has 0 aliphatic carbocycles. The number of anilines is 1. The van der Waals surface area contributed by atoms with Crippen molar-refractivity contribution in [1.29, 1.82) is 5.26 Å². The van der Waals surface area contributed by atoms with E-state index < -0.39 is 0 Å². The van der Waals surface area contributed by atoms with E-state index in [9.17, 15) is 14.4 Å². The van der Waals surface area contributed by atoms with Crippen LogP contribution in [0.5, 0.6) is 0 Å². The van der Waals surface area contributed by atoms with Crippen LogP contribution in [0.1, 0.15) is 48.4 Å². The van der Waals surface area contributed by atoms with E-state index in [4.69, 9.17) is 9.68 Å². The maximum absolute atomic E-state index is 12.7. The van der Waals surface area contributed by atoms with E-state index in [0.717, 1.165) is 5.69 Å². The molecule has 0 atom stereocenters. The molecule has 0 saturated carbocycles. The third-order valence-electron chi connectivity index (χ3n) is 5.52. The standard InChI is InChI=1S/C24H28N4O4/c1-18-8-9-21(32-18)24(31)26-19-12-16-27(17-13-19)22(29)10-11-23(30)28(15-5-14-25)20-6-3-2-4-7-20/h2-4,6-9,19H,5,10-13,15-17H2,1H3,(H,26,31). The summed E-state index contributed by atoms with van der Waals surface area (Å²) in [5.74, 6) is 0.489. The number of nitrogens with zero attached hydrogens (tertiary/aromatic N) is 3. The second-order valence-corrected chi connectivity index (χ2v) is 7.83. The van der Waals surface area contributed by atoms with Crippen molar-refractivity contribution >= 4 is 23.4 Å². The number of likely N-dealkylation sites (tertiary alicyclic amines) is 1. The normalized spacial score (nSPS) is 13.9. The van der Waals surface area contributed by atoms with Crippen molar-refractivity contribution in [2.75, 3.05) is 24.5 Å². The number of piperidine rings is 1. The van der Waals surface area contributed by atoms with Crippen molar-refractivity contribution in [1.82, 2.24) is 10.2 Å². The molecule has 1 saturated heterocycles. The van der Waals surface area contributed by atoms with Crippen LogP contribution in [0.4, 0.5) is 5.69 Å². The smallest absolute Gasteiger partial charge is 0.287 e. The van der Waals surface area contributed by atoms with Gasteiger partial charge >= 0.3 is 0 Å². The first-order valence-corrected chi connectivity index (χ1v) is 10.9. The third kappa shape index (κ3) is 6.20. The minimum Gasteiger partial charge on any atom is -0.456 e. The third-order valence-corrected chi connectivity index (χ3v) is 5.52. The number of hydrogen-bond acceptors (Lipinski definition) is 5. The van der Waals surface area contributed by atoms with Gasteiger partial charge in [-0.2, -0.15) is 5.26 Å². The molecule has 0 unspecified atom stereocenters. The van der Waals surface area contributed by atoms with Gasteiger partial charge in [-0.3, -0.25) is 14.4 Å². The lowest BCUT2D eigenvalue weighted by Gasteiger charge is -2.32. The minimum atomic E-state index is -0.244. The molecule has 1 aliphatic heterocycles. The van der Waals surface area contributed by atoms with E-state index >= 15 is 0 Å². The molecule has 0 bridgehead atoms. The van der Waals surface area contributed by atoms with Crippen molar-refractivity contribution in [3.05, 3.63) is 54.0 Å². The van der Waals surface area contributed by atoms with Crippen molar-refractivity contribution < 1.29 is 18.8 Å². The molecule has 8 nitrogen and oxygen atoms in total. The van der Waals surface area contributed by atoms with Gasteiger partial charge in [-0.25, -0.2) is 0 Å². The van der Waals surface area contributed by atoms with Crippen LogP contribution in [0.25, 0.3) is 0 Å². The topological polar surface area (TPSA) is 107 Å². The van der Waals surface area contributed by atoms with Crippen LogP contribution in [0.3, 0.4) is 0 Å². The van der Waals surface area contributed by atoms with Gasteiger partial charge in [-0.05, 0) is 44.0 Å². The number of hydrogen-bond donors (Lipinski definition) is 1. The molecular weight excluding hydrogens is 408 g/mol. The van der Waals surface area contributed by atoms with Gasteiger partial charge in [-0.15, -0.1) is 0 Å². The van der Waals surface area contributed by atoms with Crippen molar-refractivity contribution in [3.8, 4) is 6.07 Å². The van der Waals surface area contributed by atoms with E-state index in [-0.39, 0.29) is 43.0 Å². The number of para-hydroxylation sites is 1. The van der Waals surface area contributed by atoms with Gasteiger partial charge in [0.2, 0.25) is 11.8 Å². The lowest BCUT2D eigenvalue weighted by atomic mass is 10.0. The van der Waals surface area contributed by atoms with E-state index in [1.165, 1.54) is 0 Å². The number of furan rings is 1. The average Bonchev–Trinajstić information content (AvgIpc) is 3.25.